The number of carboxylic acids is 1. The summed E-state index contributed by atoms with van der Waals surface area (Å²) in [5, 5.41) is 8.85. The quantitative estimate of drug-likeness (QED) is 0.941. The van der Waals surface area contributed by atoms with Crippen LogP contribution in [0.15, 0.2) is 47.4 Å². The van der Waals surface area contributed by atoms with E-state index < -0.39 is 21.8 Å². The summed E-state index contributed by atoms with van der Waals surface area (Å²) in [5.74, 6) is -1.63. The van der Waals surface area contributed by atoms with Gasteiger partial charge in [-0.05, 0) is 48.4 Å². The van der Waals surface area contributed by atoms with Crippen molar-refractivity contribution in [2.75, 3.05) is 10.8 Å². The van der Waals surface area contributed by atoms with E-state index in [2.05, 4.69) is 0 Å². The number of rotatable bonds is 3. The van der Waals surface area contributed by atoms with Crippen LogP contribution in [0.4, 0.5) is 10.1 Å². The van der Waals surface area contributed by atoms with Crippen molar-refractivity contribution in [3.8, 4) is 0 Å². The fourth-order valence-corrected chi connectivity index (χ4v) is 3.96. The van der Waals surface area contributed by atoms with Gasteiger partial charge >= 0.3 is 5.97 Å². The maximum absolute atomic E-state index is 13.4. The van der Waals surface area contributed by atoms with Crippen LogP contribution in [-0.4, -0.2) is 26.0 Å². The topological polar surface area (TPSA) is 74.7 Å². The molecule has 1 heterocycles. The summed E-state index contributed by atoms with van der Waals surface area (Å²) in [6.07, 6.45) is 0.516. The maximum Gasteiger partial charge on any atom is 0.335 e. The number of carbonyl (C=O) groups is 1. The normalized spacial score (nSPS) is 14.0. The van der Waals surface area contributed by atoms with Gasteiger partial charge in [0.05, 0.1) is 16.1 Å². The second-order valence-corrected chi connectivity index (χ2v) is 6.79. The molecule has 0 aromatic heterocycles. The van der Waals surface area contributed by atoms with Crippen LogP contribution in [0.2, 0.25) is 0 Å². The third kappa shape index (κ3) is 2.33. The Labute approximate surface area is 126 Å². The van der Waals surface area contributed by atoms with E-state index in [-0.39, 0.29) is 17.0 Å². The molecule has 1 aliphatic rings. The van der Waals surface area contributed by atoms with Crippen LogP contribution in [0, 0.1) is 5.82 Å². The van der Waals surface area contributed by atoms with Crippen LogP contribution in [0.3, 0.4) is 0 Å². The van der Waals surface area contributed by atoms with Crippen molar-refractivity contribution < 1.29 is 22.7 Å². The highest BCUT2D eigenvalue weighted by Crippen LogP contribution is 2.33. The van der Waals surface area contributed by atoms with E-state index in [1.165, 1.54) is 36.4 Å². The number of nitrogens with zero attached hydrogens (tertiary/aromatic N) is 1. The molecule has 0 unspecified atom stereocenters. The minimum Gasteiger partial charge on any atom is -0.478 e. The summed E-state index contributed by atoms with van der Waals surface area (Å²) in [4.78, 5) is 10.8. The third-order valence-corrected chi connectivity index (χ3v) is 5.42. The number of hydrogen-bond donors (Lipinski definition) is 1. The zero-order chi connectivity index (χ0) is 15.9. The second kappa shape index (κ2) is 5.10. The minimum absolute atomic E-state index is 0.00631. The first kappa shape index (κ1) is 14.5. The van der Waals surface area contributed by atoms with Gasteiger partial charge in [0.25, 0.3) is 10.0 Å². The van der Waals surface area contributed by atoms with Crippen molar-refractivity contribution in [1.82, 2.24) is 0 Å². The summed E-state index contributed by atoms with van der Waals surface area (Å²) < 4.78 is 39.8. The van der Waals surface area contributed by atoms with Gasteiger partial charge in [0.1, 0.15) is 5.82 Å². The summed E-state index contributed by atoms with van der Waals surface area (Å²) in [7, 11) is -3.84. The molecule has 0 aliphatic carbocycles. The van der Waals surface area contributed by atoms with Crippen LogP contribution in [0.5, 0.6) is 0 Å². The van der Waals surface area contributed by atoms with Gasteiger partial charge < -0.3 is 5.11 Å². The number of anilines is 1. The summed E-state index contributed by atoms with van der Waals surface area (Å²) in [5.41, 5.74) is 1.11. The Kier molecular flexibility index (Phi) is 3.37. The summed E-state index contributed by atoms with van der Waals surface area (Å²) in [6.45, 7) is 0.238. The molecule has 1 aliphatic heterocycles. The molecular formula is C15H12FNO4S. The molecule has 7 heteroatoms. The van der Waals surface area contributed by atoms with Crippen LogP contribution >= 0.6 is 0 Å². The van der Waals surface area contributed by atoms with Crippen molar-refractivity contribution in [2.24, 2.45) is 0 Å². The highest BCUT2D eigenvalue weighted by Gasteiger charge is 2.31. The number of sulfonamides is 1. The molecule has 0 fully saturated rings. The highest BCUT2D eigenvalue weighted by atomic mass is 32.2. The number of hydrogen-bond acceptors (Lipinski definition) is 3. The van der Waals surface area contributed by atoms with Gasteiger partial charge in [0.2, 0.25) is 0 Å². The van der Waals surface area contributed by atoms with Gasteiger partial charge in [-0.3, -0.25) is 4.31 Å². The first-order valence-electron chi connectivity index (χ1n) is 6.54. The zero-order valence-electron chi connectivity index (χ0n) is 11.4. The molecule has 5 nitrogen and oxygen atoms in total. The molecule has 1 N–H and O–H groups in total. The van der Waals surface area contributed by atoms with Gasteiger partial charge in [-0.15, -0.1) is 0 Å². The monoisotopic (exact) mass is 321 g/mol. The molecule has 0 saturated carbocycles. The average Bonchev–Trinajstić information content (AvgIpc) is 2.91. The first-order valence-corrected chi connectivity index (χ1v) is 7.98. The van der Waals surface area contributed by atoms with E-state index in [4.69, 9.17) is 5.11 Å². The number of aromatic carboxylic acids is 1. The average molecular weight is 321 g/mol. The molecule has 0 atom stereocenters. The Balaban J connectivity index is 2.01. The lowest BCUT2D eigenvalue weighted by Gasteiger charge is -2.19. The largest absolute Gasteiger partial charge is 0.478 e. The summed E-state index contributed by atoms with van der Waals surface area (Å²) >= 11 is 0. The third-order valence-electron chi connectivity index (χ3n) is 3.59. The smallest absolute Gasteiger partial charge is 0.335 e. The molecule has 0 spiro atoms. The van der Waals surface area contributed by atoms with Gasteiger partial charge in [-0.25, -0.2) is 17.6 Å². The fraction of sp³-hybridized carbons (Fsp3) is 0.133. The Bertz CT molecular complexity index is 846. The van der Waals surface area contributed by atoms with E-state index in [0.717, 1.165) is 9.87 Å². The van der Waals surface area contributed by atoms with Gasteiger partial charge in [0, 0.05) is 6.54 Å². The number of fused-ring (bicyclic) bond motifs is 1. The molecule has 0 bridgehead atoms. The van der Waals surface area contributed by atoms with E-state index in [0.29, 0.717) is 12.1 Å². The van der Waals surface area contributed by atoms with Crippen molar-refractivity contribution in [2.45, 2.75) is 11.3 Å². The van der Waals surface area contributed by atoms with E-state index >= 15 is 0 Å². The van der Waals surface area contributed by atoms with Crippen LogP contribution in [0.25, 0.3) is 0 Å². The molecule has 2 aromatic carbocycles. The SMILES string of the molecule is O=C(O)c1ccc(S(=O)(=O)N2CCc3ccc(F)cc32)cc1. The molecule has 114 valence electrons. The number of carboxylic acid groups (broad SMARTS) is 1. The fourth-order valence-electron chi connectivity index (χ4n) is 2.47. The van der Waals surface area contributed by atoms with E-state index in [9.17, 15) is 17.6 Å². The molecule has 0 radical (unpaired) electrons. The van der Waals surface area contributed by atoms with Crippen molar-refractivity contribution in [3.05, 3.63) is 59.4 Å². The molecule has 3 rings (SSSR count). The van der Waals surface area contributed by atoms with Crippen LogP contribution in [0.1, 0.15) is 15.9 Å². The lowest BCUT2D eigenvalue weighted by atomic mass is 10.2. The second-order valence-electron chi connectivity index (χ2n) is 4.93. The maximum atomic E-state index is 13.4. The van der Waals surface area contributed by atoms with E-state index in [1.807, 2.05) is 0 Å². The Morgan fingerprint density at radius 3 is 2.45 bits per heavy atom. The summed E-state index contributed by atoms with van der Waals surface area (Å²) in [6, 6.07) is 9.04. The lowest BCUT2D eigenvalue weighted by molar-refractivity contribution is 0.0696. The van der Waals surface area contributed by atoms with Crippen LogP contribution < -0.4 is 4.31 Å². The molecule has 0 saturated heterocycles. The number of benzene rings is 2. The number of halogens is 1. The first-order chi connectivity index (χ1) is 10.4. The highest BCUT2D eigenvalue weighted by molar-refractivity contribution is 7.92. The predicted octanol–water partition coefficient (Wildman–Crippen LogP) is 2.28. The van der Waals surface area contributed by atoms with Gasteiger partial charge in [0.15, 0.2) is 0 Å². The van der Waals surface area contributed by atoms with Crippen LogP contribution in [-0.2, 0) is 16.4 Å². The van der Waals surface area contributed by atoms with E-state index in [1.54, 1.807) is 6.07 Å². The predicted molar refractivity (Wildman–Crippen MR) is 78.0 cm³/mol. The molecule has 22 heavy (non-hydrogen) atoms. The van der Waals surface area contributed by atoms with Crippen molar-refractivity contribution >= 4 is 21.7 Å². The van der Waals surface area contributed by atoms with Gasteiger partial charge in [-0.2, -0.15) is 0 Å². The van der Waals surface area contributed by atoms with Gasteiger partial charge in [-0.1, -0.05) is 6.07 Å². The Hall–Kier alpha value is -2.41. The minimum atomic E-state index is -3.84. The molecule has 2 aromatic rings. The van der Waals surface area contributed by atoms with Crippen molar-refractivity contribution in [1.29, 1.82) is 0 Å². The Morgan fingerprint density at radius 1 is 1.14 bits per heavy atom. The molecular weight excluding hydrogens is 309 g/mol. The Morgan fingerprint density at radius 2 is 1.82 bits per heavy atom. The molecule has 0 amide bonds. The lowest BCUT2D eigenvalue weighted by Crippen LogP contribution is -2.29. The zero-order valence-corrected chi connectivity index (χ0v) is 12.2. The van der Waals surface area contributed by atoms with Crippen molar-refractivity contribution in [3.63, 3.8) is 0 Å². The standard InChI is InChI=1S/C15H12FNO4S/c16-12-4-1-10-7-8-17(14(10)9-12)22(20,21)13-5-2-11(3-6-13)15(18)19/h1-6,9H,7-8H2,(H,18,19).